The number of rotatable bonds is 11. The van der Waals surface area contributed by atoms with Gasteiger partial charge in [-0.2, -0.15) is 10.2 Å². The Morgan fingerprint density at radius 2 is 2.00 bits per heavy atom. The van der Waals surface area contributed by atoms with Crippen LogP contribution in [-0.2, 0) is 13.2 Å². The van der Waals surface area contributed by atoms with Crippen LogP contribution in [0.15, 0.2) is 64.9 Å². The van der Waals surface area contributed by atoms with Gasteiger partial charge in [-0.1, -0.05) is 24.3 Å². The number of ether oxygens (including phenoxy) is 1. The lowest BCUT2D eigenvalue weighted by atomic mass is 10.1. The third-order valence-corrected chi connectivity index (χ3v) is 6.03. The van der Waals surface area contributed by atoms with E-state index in [1.807, 2.05) is 24.5 Å². The minimum Gasteiger partial charge on any atom is -0.459 e. The summed E-state index contributed by atoms with van der Waals surface area (Å²) >= 11 is 1.50. The highest BCUT2D eigenvalue weighted by Gasteiger charge is 2.15. The zero-order valence-electron chi connectivity index (χ0n) is 18.8. The molecule has 0 bridgehead atoms. The third kappa shape index (κ3) is 7.19. The normalized spacial score (nSPS) is 11.8. The van der Waals surface area contributed by atoms with Crippen molar-refractivity contribution in [2.45, 2.75) is 30.9 Å². The second kappa shape index (κ2) is 12.4. The van der Waals surface area contributed by atoms with E-state index >= 15 is 0 Å². The SMILES string of the molecule is CCN(C=NC)Cc1ccc(COc2nccc(C(C#N)CSc3ccncc3N)n2)cc1. The molecule has 0 fully saturated rings. The van der Waals surface area contributed by atoms with Gasteiger partial charge < -0.3 is 15.4 Å². The van der Waals surface area contributed by atoms with Gasteiger partial charge in [0.15, 0.2) is 0 Å². The molecule has 3 aromatic rings. The number of aliphatic imine (C=N–C) groups is 1. The van der Waals surface area contributed by atoms with Crippen LogP contribution < -0.4 is 10.5 Å². The van der Waals surface area contributed by atoms with Crippen molar-refractivity contribution < 1.29 is 4.74 Å². The Morgan fingerprint density at radius 1 is 1.21 bits per heavy atom. The van der Waals surface area contributed by atoms with Gasteiger partial charge in [0.25, 0.3) is 0 Å². The van der Waals surface area contributed by atoms with Crippen molar-refractivity contribution in [2.24, 2.45) is 4.99 Å². The summed E-state index contributed by atoms with van der Waals surface area (Å²) in [4.78, 5) is 19.7. The first-order valence-corrected chi connectivity index (χ1v) is 11.5. The molecule has 0 amide bonds. The van der Waals surface area contributed by atoms with Gasteiger partial charge >= 0.3 is 6.01 Å². The number of nitriles is 1. The zero-order valence-corrected chi connectivity index (χ0v) is 19.6. The minimum absolute atomic E-state index is 0.251. The van der Waals surface area contributed by atoms with E-state index in [-0.39, 0.29) is 6.01 Å². The molecule has 2 heterocycles. The Hall–Kier alpha value is -3.64. The van der Waals surface area contributed by atoms with Gasteiger partial charge in [0, 0.05) is 43.2 Å². The van der Waals surface area contributed by atoms with Crippen molar-refractivity contribution in [1.29, 1.82) is 5.26 Å². The molecule has 0 aliphatic heterocycles. The summed E-state index contributed by atoms with van der Waals surface area (Å²) < 4.78 is 5.79. The average Bonchev–Trinajstić information content (AvgIpc) is 2.85. The van der Waals surface area contributed by atoms with Crippen molar-refractivity contribution >= 4 is 23.8 Å². The van der Waals surface area contributed by atoms with Gasteiger partial charge in [0.2, 0.25) is 0 Å². The van der Waals surface area contributed by atoms with Gasteiger partial charge in [0.05, 0.1) is 35.9 Å². The summed E-state index contributed by atoms with van der Waals surface area (Å²) in [5.74, 6) is 0.0977. The molecular weight excluding hydrogens is 434 g/mol. The number of hydrogen-bond donors (Lipinski definition) is 1. The zero-order chi connectivity index (χ0) is 23.5. The summed E-state index contributed by atoms with van der Waals surface area (Å²) in [6.45, 7) is 4.15. The van der Waals surface area contributed by atoms with Crippen LogP contribution in [0.1, 0.15) is 29.7 Å². The molecule has 0 saturated carbocycles. The maximum Gasteiger partial charge on any atom is 0.316 e. The Balaban J connectivity index is 1.58. The van der Waals surface area contributed by atoms with E-state index in [0.717, 1.165) is 23.5 Å². The van der Waals surface area contributed by atoms with Crippen LogP contribution in [0.25, 0.3) is 0 Å². The monoisotopic (exact) mass is 461 g/mol. The predicted octanol–water partition coefficient (Wildman–Crippen LogP) is 3.91. The molecule has 2 N–H and O–H groups in total. The highest BCUT2D eigenvalue weighted by molar-refractivity contribution is 7.99. The van der Waals surface area contributed by atoms with Crippen LogP contribution >= 0.6 is 11.8 Å². The maximum atomic E-state index is 9.65. The van der Waals surface area contributed by atoms with Gasteiger partial charge in [-0.3, -0.25) is 9.98 Å². The molecule has 0 radical (unpaired) electrons. The third-order valence-electron chi connectivity index (χ3n) is 4.85. The second-order valence-corrected chi connectivity index (χ2v) is 8.27. The fourth-order valence-corrected chi connectivity index (χ4v) is 3.99. The van der Waals surface area contributed by atoms with Crippen LogP contribution in [0, 0.1) is 11.3 Å². The topological polar surface area (TPSA) is 113 Å². The first kappa shape index (κ1) is 24.0. The lowest BCUT2D eigenvalue weighted by Gasteiger charge is -2.17. The van der Waals surface area contributed by atoms with E-state index in [0.29, 0.717) is 23.7 Å². The number of anilines is 1. The van der Waals surface area contributed by atoms with Crippen molar-refractivity contribution in [3.63, 3.8) is 0 Å². The number of benzene rings is 1. The van der Waals surface area contributed by atoms with E-state index < -0.39 is 5.92 Å². The first-order valence-electron chi connectivity index (χ1n) is 10.5. The standard InChI is InChI=1S/C24H27N7OS/c1-3-31(17-27-2)14-18-4-6-19(7-5-18)15-32-24-29-11-8-22(30-24)20(12-25)16-33-23-9-10-28-13-21(23)26/h4-11,13,17,20H,3,14-16,26H2,1-2H3. The summed E-state index contributed by atoms with van der Waals surface area (Å²) in [5.41, 5.74) is 9.37. The highest BCUT2D eigenvalue weighted by Crippen LogP contribution is 2.28. The highest BCUT2D eigenvalue weighted by atomic mass is 32.2. The molecule has 0 spiro atoms. The molecule has 3 rings (SSSR count). The summed E-state index contributed by atoms with van der Waals surface area (Å²) in [6, 6.07) is 14.4. The molecule has 0 aliphatic carbocycles. The molecule has 170 valence electrons. The number of hydrogen-bond acceptors (Lipinski definition) is 8. The summed E-state index contributed by atoms with van der Waals surface area (Å²) in [7, 11) is 1.77. The van der Waals surface area contributed by atoms with E-state index in [1.165, 1.54) is 17.3 Å². The van der Waals surface area contributed by atoms with E-state index in [4.69, 9.17) is 10.5 Å². The van der Waals surface area contributed by atoms with Crippen molar-refractivity contribution in [2.75, 3.05) is 25.1 Å². The number of nitrogens with two attached hydrogens (primary N) is 1. The van der Waals surface area contributed by atoms with Crippen LogP contribution in [0.2, 0.25) is 0 Å². The van der Waals surface area contributed by atoms with E-state index in [2.05, 4.69) is 50.0 Å². The fraction of sp³-hybridized carbons (Fsp3) is 0.292. The van der Waals surface area contributed by atoms with Gasteiger partial charge in [0.1, 0.15) is 6.61 Å². The molecular formula is C24H27N7OS. The predicted molar refractivity (Wildman–Crippen MR) is 131 cm³/mol. The maximum absolute atomic E-state index is 9.65. The van der Waals surface area contributed by atoms with Crippen molar-refractivity contribution in [3.05, 3.63) is 71.8 Å². The second-order valence-electron chi connectivity index (χ2n) is 7.21. The first-order chi connectivity index (χ1) is 16.1. The Morgan fingerprint density at radius 3 is 2.70 bits per heavy atom. The number of thioether (sulfide) groups is 1. The molecule has 9 heteroatoms. The van der Waals surface area contributed by atoms with Gasteiger partial charge in [-0.25, -0.2) is 4.98 Å². The molecule has 0 saturated heterocycles. The minimum atomic E-state index is -0.416. The number of aromatic nitrogens is 3. The van der Waals surface area contributed by atoms with Gasteiger partial charge in [-0.15, -0.1) is 11.8 Å². The van der Waals surface area contributed by atoms with E-state index in [9.17, 15) is 5.26 Å². The fourth-order valence-electron chi connectivity index (χ4n) is 3.03. The van der Waals surface area contributed by atoms with Crippen LogP contribution in [0.3, 0.4) is 0 Å². The summed E-state index contributed by atoms with van der Waals surface area (Å²) in [6.07, 6.45) is 6.75. The number of nitrogens with zero attached hydrogens (tertiary/aromatic N) is 6. The Kier molecular flexibility index (Phi) is 9.03. The summed E-state index contributed by atoms with van der Waals surface area (Å²) in [5, 5.41) is 9.65. The van der Waals surface area contributed by atoms with E-state index in [1.54, 1.807) is 31.7 Å². The quantitative estimate of drug-likeness (QED) is 0.260. The molecule has 1 atom stereocenters. The number of nitrogen functional groups attached to an aromatic ring is 1. The number of pyridine rings is 1. The smallest absolute Gasteiger partial charge is 0.316 e. The molecule has 1 unspecified atom stereocenters. The molecule has 2 aromatic heterocycles. The van der Waals surface area contributed by atoms with Crippen LogP contribution in [-0.4, -0.2) is 45.5 Å². The van der Waals surface area contributed by atoms with Crippen LogP contribution in [0.4, 0.5) is 5.69 Å². The van der Waals surface area contributed by atoms with Crippen molar-refractivity contribution in [3.8, 4) is 12.1 Å². The van der Waals surface area contributed by atoms with Crippen LogP contribution in [0.5, 0.6) is 6.01 Å². The van der Waals surface area contributed by atoms with Gasteiger partial charge in [-0.05, 0) is 30.2 Å². The molecule has 0 aliphatic rings. The molecule has 33 heavy (non-hydrogen) atoms. The average molecular weight is 462 g/mol. The lowest BCUT2D eigenvalue weighted by molar-refractivity contribution is 0.279. The Bertz CT molecular complexity index is 1100. The molecule has 8 nitrogen and oxygen atoms in total. The van der Waals surface area contributed by atoms with Crippen molar-refractivity contribution in [1.82, 2.24) is 19.9 Å². The molecule has 1 aromatic carbocycles. The Labute approximate surface area is 198 Å². The lowest BCUT2D eigenvalue weighted by Crippen LogP contribution is -2.20. The largest absolute Gasteiger partial charge is 0.459 e.